The van der Waals surface area contributed by atoms with Gasteiger partial charge in [0.1, 0.15) is 0 Å². The topological polar surface area (TPSA) is 66.5 Å². The van der Waals surface area contributed by atoms with Crippen LogP contribution >= 0.6 is 10.7 Å². The fourth-order valence-corrected chi connectivity index (χ4v) is 2.77. The van der Waals surface area contributed by atoms with Crippen LogP contribution in [0.3, 0.4) is 0 Å². The van der Waals surface area contributed by atoms with Crippen molar-refractivity contribution in [3.05, 3.63) is 24.3 Å². The zero-order chi connectivity index (χ0) is 13.9. The lowest BCUT2D eigenvalue weighted by molar-refractivity contribution is 0.200. The minimum absolute atomic E-state index is 0.0186. The number of urea groups is 1. The van der Waals surface area contributed by atoms with E-state index in [1.807, 2.05) is 0 Å². The third-order valence-corrected chi connectivity index (χ3v) is 4.40. The molecule has 0 radical (unpaired) electrons. The molecule has 0 atom stereocenters. The summed E-state index contributed by atoms with van der Waals surface area (Å²) in [5.41, 5.74) is 0.555. The molecule has 0 aliphatic carbocycles. The van der Waals surface area contributed by atoms with Crippen molar-refractivity contribution in [3.8, 4) is 0 Å². The van der Waals surface area contributed by atoms with Crippen LogP contribution in [0.5, 0.6) is 0 Å². The number of halogens is 1. The molecule has 19 heavy (non-hydrogen) atoms. The molecule has 1 heterocycles. The Balaban J connectivity index is 2.01. The van der Waals surface area contributed by atoms with Gasteiger partial charge in [0.05, 0.1) is 4.90 Å². The molecule has 1 fully saturated rings. The summed E-state index contributed by atoms with van der Waals surface area (Å²) in [5.74, 6) is 0. The SMILES string of the molecule is O=C(Nc1ccc(S(=O)(=O)Cl)cc1)N1CCCCC1. The van der Waals surface area contributed by atoms with Crippen LogP contribution in [-0.2, 0) is 9.05 Å². The summed E-state index contributed by atoms with van der Waals surface area (Å²) in [6, 6.07) is 5.64. The van der Waals surface area contributed by atoms with Crippen molar-refractivity contribution in [2.45, 2.75) is 24.2 Å². The Bertz CT molecular complexity index is 551. The maximum Gasteiger partial charge on any atom is 0.321 e. The molecule has 1 saturated heterocycles. The minimum atomic E-state index is -3.72. The molecule has 0 bridgehead atoms. The summed E-state index contributed by atoms with van der Waals surface area (Å²) >= 11 is 0. The number of likely N-dealkylation sites (tertiary alicyclic amines) is 1. The van der Waals surface area contributed by atoms with Crippen LogP contribution in [0.15, 0.2) is 29.2 Å². The highest BCUT2D eigenvalue weighted by Crippen LogP contribution is 2.18. The molecule has 1 aromatic rings. The molecule has 2 rings (SSSR count). The van der Waals surface area contributed by atoms with Gasteiger partial charge in [-0.2, -0.15) is 0 Å². The van der Waals surface area contributed by atoms with Gasteiger partial charge in [0.15, 0.2) is 0 Å². The number of hydrogen-bond acceptors (Lipinski definition) is 3. The molecular formula is C12H15ClN2O3S. The van der Waals surface area contributed by atoms with E-state index in [1.54, 1.807) is 4.90 Å². The van der Waals surface area contributed by atoms with Gasteiger partial charge >= 0.3 is 6.03 Å². The molecule has 0 saturated carbocycles. The fourth-order valence-electron chi connectivity index (χ4n) is 2.00. The van der Waals surface area contributed by atoms with Crippen molar-refractivity contribution >= 4 is 31.5 Å². The lowest BCUT2D eigenvalue weighted by Crippen LogP contribution is -2.38. The van der Waals surface area contributed by atoms with E-state index < -0.39 is 9.05 Å². The van der Waals surface area contributed by atoms with Crippen LogP contribution in [0.4, 0.5) is 10.5 Å². The van der Waals surface area contributed by atoms with E-state index >= 15 is 0 Å². The highest BCUT2D eigenvalue weighted by Gasteiger charge is 2.16. The summed E-state index contributed by atoms with van der Waals surface area (Å²) in [6.07, 6.45) is 3.21. The molecule has 104 valence electrons. The lowest BCUT2D eigenvalue weighted by Gasteiger charge is -2.26. The number of hydrogen-bond donors (Lipinski definition) is 1. The van der Waals surface area contributed by atoms with Gasteiger partial charge in [0.25, 0.3) is 9.05 Å². The number of nitrogens with zero attached hydrogens (tertiary/aromatic N) is 1. The first kappa shape index (κ1) is 14.1. The van der Waals surface area contributed by atoms with Gasteiger partial charge in [-0.15, -0.1) is 0 Å². The lowest BCUT2D eigenvalue weighted by atomic mass is 10.1. The normalized spacial score (nSPS) is 16.2. The summed E-state index contributed by atoms with van der Waals surface area (Å²) in [4.78, 5) is 13.7. The largest absolute Gasteiger partial charge is 0.325 e. The first-order valence-electron chi connectivity index (χ1n) is 6.07. The molecule has 1 aliphatic heterocycles. The number of piperidine rings is 1. The van der Waals surface area contributed by atoms with Gasteiger partial charge in [-0.25, -0.2) is 13.2 Å². The molecular weight excluding hydrogens is 288 g/mol. The quantitative estimate of drug-likeness (QED) is 0.854. The average molecular weight is 303 g/mol. The maximum atomic E-state index is 11.9. The first-order valence-corrected chi connectivity index (χ1v) is 8.38. The van der Waals surface area contributed by atoms with E-state index in [1.165, 1.54) is 24.3 Å². The molecule has 1 aliphatic rings. The number of nitrogens with one attached hydrogen (secondary N) is 1. The summed E-state index contributed by atoms with van der Waals surface area (Å²) in [6.45, 7) is 1.53. The summed E-state index contributed by atoms with van der Waals surface area (Å²) in [5, 5.41) is 2.74. The van der Waals surface area contributed by atoms with Crippen LogP contribution in [0.2, 0.25) is 0 Å². The van der Waals surface area contributed by atoms with E-state index in [2.05, 4.69) is 5.32 Å². The van der Waals surface area contributed by atoms with Gasteiger partial charge in [-0.3, -0.25) is 0 Å². The monoisotopic (exact) mass is 302 g/mol. The van der Waals surface area contributed by atoms with Crippen molar-refractivity contribution in [2.75, 3.05) is 18.4 Å². The summed E-state index contributed by atoms with van der Waals surface area (Å²) in [7, 11) is 1.50. The number of carbonyl (C=O) groups is 1. The Hall–Kier alpha value is -1.27. The van der Waals surface area contributed by atoms with Crippen LogP contribution in [0, 0.1) is 0 Å². The van der Waals surface area contributed by atoms with E-state index in [4.69, 9.17) is 10.7 Å². The molecule has 0 aromatic heterocycles. The van der Waals surface area contributed by atoms with Crippen LogP contribution in [-0.4, -0.2) is 32.4 Å². The van der Waals surface area contributed by atoms with Gasteiger partial charge < -0.3 is 10.2 Å². The second-order valence-corrected chi connectivity index (χ2v) is 7.01. The van der Waals surface area contributed by atoms with E-state index in [9.17, 15) is 13.2 Å². The van der Waals surface area contributed by atoms with Crippen molar-refractivity contribution < 1.29 is 13.2 Å². The predicted molar refractivity (Wildman–Crippen MR) is 73.9 cm³/mol. The fraction of sp³-hybridized carbons (Fsp3) is 0.417. The second kappa shape index (κ2) is 5.79. The molecule has 2 amide bonds. The van der Waals surface area contributed by atoms with Gasteiger partial charge in [-0.05, 0) is 43.5 Å². The van der Waals surface area contributed by atoms with Gasteiger partial charge in [0, 0.05) is 29.5 Å². The molecule has 1 N–H and O–H groups in total. The second-order valence-electron chi connectivity index (χ2n) is 4.44. The predicted octanol–water partition coefficient (Wildman–Crippen LogP) is 2.63. The zero-order valence-electron chi connectivity index (χ0n) is 10.3. The molecule has 1 aromatic carbocycles. The number of benzene rings is 1. The number of amides is 2. The Morgan fingerprint density at radius 1 is 1.11 bits per heavy atom. The maximum absolute atomic E-state index is 11.9. The van der Waals surface area contributed by atoms with E-state index in [-0.39, 0.29) is 10.9 Å². The van der Waals surface area contributed by atoms with Crippen molar-refractivity contribution in [1.82, 2.24) is 4.90 Å². The number of carbonyl (C=O) groups excluding carboxylic acids is 1. The van der Waals surface area contributed by atoms with E-state index in [0.717, 1.165) is 32.4 Å². The van der Waals surface area contributed by atoms with Crippen molar-refractivity contribution in [2.24, 2.45) is 0 Å². The Morgan fingerprint density at radius 2 is 1.68 bits per heavy atom. The standard InChI is InChI=1S/C12H15ClN2O3S/c13-19(17,18)11-6-4-10(5-7-11)14-12(16)15-8-2-1-3-9-15/h4-7H,1-3,8-9H2,(H,14,16). The van der Waals surface area contributed by atoms with Crippen molar-refractivity contribution in [3.63, 3.8) is 0 Å². The Kier molecular flexibility index (Phi) is 4.31. The van der Waals surface area contributed by atoms with Crippen LogP contribution in [0.1, 0.15) is 19.3 Å². The van der Waals surface area contributed by atoms with Crippen LogP contribution in [0.25, 0.3) is 0 Å². The van der Waals surface area contributed by atoms with Crippen LogP contribution < -0.4 is 5.32 Å². The number of anilines is 1. The minimum Gasteiger partial charge on any atom is -0.325 e. The van der Waals surface area contributed by atoms with E-state index in [0.29, 0.717) is 5.69 Å². The van der Waals surface area contributed by atoms with Crippen molar-refractivity contribution in [1.29, 1.82) is 0 Å². The smallest absolute Gasteiger partial charge is 0.321 e. The molecule has 7 heteroatoms. The first-order chi connectivity index (χ1) is 8.97. The number of rotatable bonds is 2. The van der Waals surface area contributed by atoms with Gasteiger partial charge in [0.2, 0.25) is 0 Å². The third-order valence-electron chi connectivity index (χ3n) is 3.03. The molecule has 0 unspecified atom stereocenters. The Labute approximate surface area is 117 Å². The highest BCUT2D eigenvalue weighted by molar-refractivity contribution is 8.13. The van der Waals surface area contributed by atoms with Gasteiger partial charge in [-0.1, -0.05) is 0 Å². The Morgan fingerprint density at radius 3 is 2.21 bits per heavy atom. The average Bonchev–Trinajstić information content (AvgIpc) is 2.39. The third kappa shape index (κ3) is 3.84. The molecule has 5 nitrogen and oxygen atoms in total. The molecule has 0 spiro atoms. The zero-order valence-corrected chi connectivity index (χ0v) is 11.9. The summed E-state index contributed by atoms with van der Waals surface area (Å²) < 4.78 is 22.2. The highest BCUT2D eigenvalue weighted by atomic mass is 35.7.